The Labute approximate surface area is 73.6 Å². The molecule has 0 aliphatic heterocycles. The largest absolute Gasteiger partial charge is 0.327 e. The van der Waals surface area contributed by atoms with Crippen LogP contribution in [0, 0.1) is 13.8 Å². The molecule has 0 bridgehead atoms. The van der Waals surface area contributed by atoms with Crippen molar-refractivity contribution in [2.45, 2.75) is 32.2 Å². The molecular formula is C11H15N. The van der Waals surface area contributed by atoms with Gasteiger partial charge in [0.2, 0.25) is 0 Å². The van der Waals surface area contributed by atoms with Crippen molar-refractivity contribution >= 4 is 0 Å². The number of hydrogen-bond acceptors (Lipinski definition) is 1. The van der Waals surface area contributed by atoms with Crippen molar-refractivity contribution in [3.05, 3.63) is 34.9 Å². The lowest BCUT2D eigenvalue weighted by Gasteiger charge is -2.02. The van der Waals surface area contributed by atoms with Gasteiger partial charge in [0.1, 0.15) is 0 Å². The average molecular weight is 161 g/mol. The van der Waals surface area contributed by atoms with Crippen LogP contribution in [0.2, 0.25) is 0 Å². The summed E-state index contributed by atoms with van der Waals surface area (Å²) in [6.45, 7) is 4.29. The van der Waals surface area contributed by atoms with Crippen LogP contribution in [0.4, 0.5) is 0 Å². The van der Waals surface area contributed by atoms with Crippen LogP contribution in [0.5, 0.6) is 0 Å². The molecule has 1 aromatic carbocycles. The van der Waals surface area contributed by atoms with E-state index in [-0.39, 0.29) is 0 Å². The highest BCUT2D eigenvalue weighted by atomic mass is 14.7. The summed E-state index contributed by atoms with van der Waals surface area (Å²) in [6.07, 6.45) is 1.17. The third kappa shape index (κ3) is 1.37. The minimum absolute atomic E-state index is 0.422. The number of nitrogens with two attached hydrogens (primary N) is 1. The number of benzene rings is 1. The van der Waals surface area contributed by atoms with Gasteiger partial charge in [-0.3, -0.25) is 0 Å². The van der Waals surface area contributed by atoms with Crippen LogP contribution in [0.25, 0.3) is 0 Å². The van der Waals surface area contributed by atoms with Gasteiger partial charge in [0.25, 0.3) is 0 Å². The molecule has 2 atom stereocenters. The maximum atomic E-state index is 5.80. The summed E-state index contributed by atoms with van der Waals surface area (Å²) in [7, 11) is 0. The Morgan fingerprint density at radius 1 is 1.17 bits per heavy atom. The van der Waals surface area contributed by atoms with Crippen molar-refractivity contribution in [2.24, 2.45) is 5.73 Å². The molecule has 0 heterocycles. The molecular weight excluding hydrogens is 146 g/mol. The predicted octanol–water partition coefficient (Wildman–Crippen LogP) is 2.12. The second-order valence-corrected chi connectivity index (χ2v) is 3.93. The number of aryl methyl sites for hydroxylation is 2. The lowest BCUT2D eigenvalue weighted by Crippen LogP contribution is -2.01. The van der Waals surface area contributed by atoms with Crippen LogP contribution < -0.4 is 5.73 Å². The Morgan fingerprint density at radius 3 is 2.08 bits per heavy atom. The molecule has 0 unspecified atom stereocenters. The van der Waals surface area contributed by atoms with Gasteiger partial charge in [-0.15, -0.1) is 0 Å². The monoisotopic (exact) mass is 161 g/mol. The van der Waals surface area contributed by atoms with Gasteiger partial charge in [-0.1, -0.05) is 29.3 Å². The number of rotatable bonds is 1. The van der Waals surface area contributed by atoms with E-state index in [0.29, 0.717) is 12.0 Å². The topological polar surface area (TPSA) is 26.0 Å². The zero-order valence-electron chi connectivity index (χ0n) is 7.67. The Bertz CT molecular complexity index is 284. The quantitative estimate of drug-likeness (QED) is 0.670. The van der Waals surface area contributed by atoms with Crippen LogP contribution >= 0.6 is 0 Å². The second kappa shape index (κ2) is 2.60. The summed E-state index contributed by atoms with van der Waals surface area (Å²) in [4.78, 5) is 0. The molecule has 64 valence electrons. The van der Waals surface area contributed by atoms with E-state index in [9.17, 15) is 0 Å². The van der Waals surface area contributed by atoms with E-state index in [1.54, 1.807) is 0 Å². The molecule has 0 saturated heterocycles. The first-order valence-electron chi connectivity index (χ1n) is 4.50. The molecule has 2 rings (SSSR count). The van der Waals surface area contributed by atoms with Gasteiger partial charge in [-0.25, -0.2) is 0 Å². The minimum atomic E-state index is 0.422. The van der Waals surface area contributed by atoms with Gasteiger partial charge in [0.05, 0.1) is 0 Å². The molecule has 1 aliphatic rings. The van der Waals surface area contributed by atoms with Crippen molar-refractivity contribution in [1.29, 1.82) is 0 Å². The van der Waals surface area contributed by atoms with Crippen molar-refractivity contribution in [2.75, 3.05) is 0 Å². The first-order valence-corrected chi connectivity index (χ1v) is 4.50. The Hall–Kier alpha value is -0.820. The van der Waals surface area contributed by atoms with Gasteiger partial charge in [-0.2, -0.15) is 0 Å². The van der Waals surface area contributed by atoms with Crippen LogP contribution in [0.3, 0.4) is 0 Å². The summed E-state index contributed by atoms with van der Waals surface area (Å²) in [6, 6.07) is 7.14. The SMILES string of the molecule is Cc1cc(C)cc([C@H]2C[C@H]2N)c1. The lowest BCUT2D eigenvalue weighted by molar-refractivity contribution is 0.986. The minimum Gasteiger partial charge on any atom is -0.327 e. The fraction of sp³-hybridized carbons (Fsp3) is 0.455. The molecule has 1 aliphatic carbocycles. The fourth-order valence-electron chi connectivity index (χ4n) is 1.82. The lowest BCUT2D eigenvalue weighted by atomic mass is 10.0. The van der Waals surface area contributed by atoms with Gasteiger partial charge in [0, 0.05) is 12.0 Å². The van der Waals surface area contributed by atoms with E-state index >= 15 is 0 Å². The van der Waals surface area contributed by atoms with Crippen LogP contribution in [-0.2, 0) is 0 Å². The van der Waals surface area contributed by atoms with E-state index in [4.69, 9.17) is 5.73 Å². The van der Waals surface area contributed by atoms with Crippen molar-refractivity contribution < 1.29 is 0 Å². The van der Waals surface area contributed by atoms with Crippen molar-refractivity contribution in [3.63, 3.8) is 0 Å². The third-order valence-corrected chi connectivity index (χ3v) is 2.51. The molecule has 12 heavy (non-hydrogen) atoms. The van der Waals surface area contributed by atoms with E-state index in [0.717, 1.165) is 0 Å². The summed E-state index contributed by atoms with van der Waals surface area (Å²) in [5, 5.41) is 0. The summed E-state index contributed by atoms with van der Waals surface area (Å²) in [5.41, 5.74) is 9.93. The molecule has 0 spiro atoms. The molecule has 0 aromatic heterocycles. The van der Waals surface area contributed by atoms with Gasteiger partial charge in [-0.05, 0) is 25.8 Å². The molecule has 1 fully saturated rings. The number of hydrogen-bond donors (Lipinski definition) is 1. The summed E-state index contributed by atoms with van der Waals surface area (Å²) < 4.78 is 0. The summed E-state index contributed by atoms with van der Waals surface area (Å²) in [5.74, 6) is 0.642. The third-order valence-electron chi connectivity index (χ3n) is 2.51. The van der Waals surface area contributed by atoms with Gasteiger partial charge >= 0.3 is 0 Å². The molecule has 1 heteroatoms. The van der Waals surface area contributed by atoms with E-state index in [1.807, 2.05) is 0 Å². The predicted molar refractivity (Wildman–Crippen MR) is 51.2 cm³/mol. The van der Waals surface area contributed by atoms with E-state index in [1.165, 1.54) is 23.1 Å². The molecule has 1 saturated carbocycles. The molecule has 0 amide bonds. The first kappa shape index (κ1) is 7.81. The highest BCUT2D eigenvalue weighted by Gasteiger charge is 2.34. The smallest absolute Gasteiger partial charge is 0.0115 e. The molecule has 2 N–H and O–H groups in total. The Kier molecular flexibility index (Phi) is 1.69. The van der Waals surface area contributed by atoms with Crippen molar-refractivity contribution in [3.8, 4) is 0 Å². The van der Waals surface area contributed by atoms with Crippen LogP contribution in [0.15, 0.2) is 18.2 Å². The van der Waals surface area contributed by atoms with Crippen LogP contribution in [0.1, 0.15) is 29.0 Å². The summed E-state index contributed by atoms with van der Waals surface area (Å²) >= 11 is 0. The Balaban J connectivity index is 2.32. The molecule has 0 radical (unpaired) electrons. The van der Waals surface area contributed by atoms with Crippen LogP contribution in [-0.4, -0.2) is 6.04 Å². The fourth-order valence-corrected chi connectivity index (χ4v) is 1.82. The highest BCUT2D eigenvalue weighted by molar-refractivity contribution is 5.35. The zero-order chi connectivity index (χ0) is 8.72. The maximum absolute atomic E-state index is 5.80. The van der Waals surface area contributed by atoms with E-state index < -0.39 is 0 Å². The highest BCUT2D eigenvalue weighted by Crippen LogP contribution is 2.39. The van der Waals surface area contributed by atoms with Gasteiger partial charge in [0.15, 0.2) is 0 Å². The normalized spacial score (nSPS) is 27.2. The maximum Gasteiger partial charge on any atom is 0.0115 e. The average Bonchev–Trinajstić information content (AvgIpc) is 2.64. The van der Waals surface area contributed by atoms with Gasteiger partial charge < -0.3 is 5.73 Å². The zero-order valence-corrected chi connectivity index (χ0v) is 7.67. The van der Waals surface area contributed by atoms with Crippen molar-refractivity contribution in [1.82, 2.24) is 0 Å². The molecule has 1 nitrogen and oxygen atoms in total. The van der Waals surface area contributed by atoms with E-state index in [2.05, 4.69) is 32.0 Å². The standard InChI is InChI=1S/C11H15N/c1-7-3-8(2)5-9(4-7)10-6-11(10)12/h3-5,10-11H,6,12H2,1-2H3/t10-,11-/m1/s1. The first-order chi connectivity index (χ1) is 5.66. The Morgan fingerprint density at radius 2 is 1.67 bits per heavy atom. The molecule has 1 aromatic rings. The second-order valence-electron chi connectivity index (χ2n) is 3.93.